The Morgan fingerprint density at radius 1 is 1.15 bits per heavy atom. The van der Waals surface area contributed by atoms with Gasteiger partial charge in [0.2, 0.25) is 15.9 Å². The lowest BCUT2D eigenvalue weighted by molar-refractivity contribution is -0.138. The molecule has 0 unspecified atom stereocenters. The summed E-state index contributed by atoms with van der Waals surface area (Å²) in [4.78, 5) is 14.6. The van der Waals surface area contributed by atoms with Crippen LogP contribution < -0.4 is 9.47 Å². The lowest BCUT2D eigenvalue weighted by atomic mass is 10.2. The van der Waals surface area contributed by atoms with Crippen molar-refractivity contribution in [3.05, 3.63) is 18.2 Å². The van der Waals surface area contributed by atoms with E-state index in [1.54, 1.807) is 11.0 Å². The Bertz CT molecular complexity index is 761. The largest absolute Gasteiger partial charge is 0.497 e. The average Bonchev–Trinajstić information content (AvgIpc) is 3.18. The minimum absolute atomic E-state index is 0.0440. The third kappa shape index (κ3) is 3.51. The number of morpholine rings is 1. The van der Waals surface area contributed by atoms with Gasteiger partial charge in [-0.3, -0.25) is 4.79 Å². The van der Waals surface area contributed by atoms with Gasteiger partial charge in [0, 0.05) is 25.7 Å². The standard InChI is InChI=1S/C17H24N2O6S/c1-23-13-5-6-16(15(12-13)24-2)26(21,22)19-7-3-4-14(19)17(20)18-8-10-25-11-9-18/h5-6,12,14H,3-4,7-11H2,1-2H3/t14-/m1/s1. The number of ether oxygens (including phenoxy) is 3. The summed E-state index contributed by atoms with van der Waals surface area (Å²) < 4.78 is 43.4. The molecule has 26 heavy (non-hydrogen) atoms. The maximum atomic E-state index is 13.2. The number of rotatable bonds is 5. The van der Waals surface area contributed by atoms with Crippen LogP contribution in [0.4, 0.5) is 0 Å². The highest BCUT2D eigenvalue weighted by molar-refractivity contribution is 7.89. The minimum atomic E-state index is -3.87. The molecule has 0 radical (unpaired) electrons. The summed E-state index contributed by atoms with van der Waals surface area (Å²) in [5.74, 6) is 0.554. The molecule has 2 saturated heterocycles. The number of sulfonamides is 1. The van der Waals surface area contributed by atoms with Crippen LogP contribution >= 0.6 is 0 Å². The van der Waals surface area contributed by atoms with Crippen molar-refractivity contribution >= 4 is 15.9 Å². The van der Waals surface area contributed by atoms with Crippen LogP contribution in [0.1, 0.15) is 12.8 Å². The van der Waals surface area contributed by atoms with E-state index in [1.807, 2.05) is 0 Å². The number of benzene rings is 1. The molecule has 8 nitrogen and oxygen atoms in total. The third-order valence-electron chi connectivity index (χ3n) is 4.77. The Morgan fingerprint density at radius 3 is 2.54 bits per heavy atom. The molecular formula is C17H24N2O6S. The summed E-state index contributed by atoms with van der Waals surface area (Å²) in [7, 11) is -0.954. The van der Waals surface area contributed by atoms with Crippen molar-refractivity contribution in [1.82, 2.24) is 9.21 Å². The van der Waals surface area contributed by atoms with Gasteiger partial charge in [0.05, 0.1) is 27.4 Å². The summed E-state index contributed by atoms with van der Waals surface area (Å²) in [6.45, 7) is 2.28. The van der Waals surface area contributed by atoms with Gasteiger partial charge in [-0.05, 0) is 25.0 Å². The van der Waals surface area contributed by atoms with Gasteiger partial charge in [0.1, 0.15) is 22.4 Å². The first-order chi connectivity index (χ1) is 12.5. The quantitative estimate of drug-likeness (QED) is 0.744. The Morgan fingerprint density at radius 2 is 1.88 bits per heavy atom. The van der Waals surface area contributed by atoms with Crippen molar-refractivity contribution < 1.29 is 27.4 Å². The van der Waals surface area contributed by atoms with E-state index in [0.29, 0.717) is 51.4 Å². The molecule has 1 atom stereocenters. The second-order valence-corrected chi connectivity index (χ2v) is 8.09. The number of carbonyl (C=O) groups is 1. The van der Waals surface area contributed by atoms with Crippen LogP contribution in [0.2, 0.25) is 0 Å². The lowest BCUT2D eigenvalue weighted by Gasteiger charge is -2.32. The number of carbonyl (C=O) groups excluding carboxylic acids is 1. The normalized spacial score (nSPS) is 21.6. The smallest absolute Gasteiger partial charge is 0.247 e. The van der Waals surface area contributed by atoms with E-state index in [2.05, 4.69) is 0 Å². The minimum Gasteiger partial charge on any atom is -0.497 e. The Balaban J connectivity index is 1.89. The molecule has 0 aliphatic carbocycles. The van der Waals surface area contributed by atoms with E-state index in [1.165, 1.54) is 30.7 Å². The Hall–Kier alpha value is -1.84. The predicted molar refractivity (Wildman–Crippen MR) is 93.9 cm³/mol. The first kappa shape index (κ1) is 18.9. The predicted octanol–water partition coefficient (Wildman–Crippen LogP) is 0.716. The molecule has 0 spiro atoms. The highest BCUT2D eigenvalue weighted by atomic mass is 32.2. The van der Waals surface area contributed by atoms with Gasteiger partial charge in [0.15, 0.2) is 0 Å². The first-order valence-corrected chi connectivity index (χ1v) is 10.0. The molecule has 1 aromatic rings. The molecule has 144 valence electrons. The second kappa shape index (κ2) is 7.81. The Kier molecular flexibility index (Phi) is 5.69. The molecule has 1 amide bonds. The van der Waals surface area contributed by atoms with Crippen LogP contribution in [-0.4, -0.2) is 76.6 Å². The average molecular weight is 384 g/mol. The zero-order chi connectivity index (χ0) is 18.7. The van der Waals surface area contributed by atoms with E-state index in [4.69, 9.17) is 14.2 Å². The summed E-state index contributed by atoms with van der Waals surface area (Å²) >= 11 is 0. The van der Waals surface area contributed by atoms with Crippen molar-refractivity contribution in [2.75, 3.05) is 47.1 Å². The molecule has 2 aliphatic heterocycles. The molecule has 2 aliphatic rings. The number of methoxy groups -OCH3 is 2. The maximum Gasteiger partial charge on any atom is 0.247 e. The molecule has 0 aromatic heterocycles. The monoisotopic (exact) mass is 384 g/mol. The fraction of sp³-hybridized carbons (Fsp3) is 0.588. The summed E-state index contributed by atoms with van der Waals surface area (Å²) in [6, 6.07) is 3.89. The van der Waals surface area contributed by atoms with Crippen molar-refractivity contribution in [3.63, 3.8) is 0 Å². The van der Waals surface area contributed by atoms with E-state index in [-0.39, 0.29) is 16.6 Å². The fourth-order valence-electron chi connectivity index (χ4n) is 3.38. The maximum absolute atomic E-state index is 13.2. The van der Waals surface area contributed by atoms with Gasteiger partial charge in [-0.25, -0.2) is 8.42 Å². The van der Waals surface area contributed by atoms with Crippen molar-refractivity contribution in [2.45, 2.75) is 23.8 Å². The van der Waals surface area contributed by atoms with Crippen molar-refractivity contribution in [3.8, 4) is 11.5 Å². The third-order valence-corrected chi connectivity index (χ3v) is 6.72. The van der Waals surface area contributed by atoms with Gasteiger partial charge in [-0.2, -0.15) is 4.31 Å². The summed E-state index contributed by atoms with van der Waals surface area (Å²) in [6.07, 6.45) is 1.17. The van der Waals surface area contributed by atoms with Crippen LogP contribution in [0.15, 0.2) is 23.1 Å². The molecule has 2 fully saturated rings. The number of hydrogen-bond donors (Lipinski definition) is 0. The molecule has 2 heterocycles. The molecular weight excluding hydrogens is 360 g/mol. The zero-order valence-electron chi connectivity index (χ0n) is 15.0. The molecule has 9 heteroatoms. The van der Waals surface area contributed by atoms with Gasteiger partial charge >= 0.3 is 0 Å². The highest BCUT2D eigenvalue weighted by Gasteiger charge is 2.42. The van der Waals surface area contributed by atoms with E-state index in [0.717, 1.165) is 0 Å². The molecule has 3 rings (SSSR count). The number of amides is 1. The van der Waals surface area contributed by atoms with Crippen LogP contribution in [0, 0.1) is 0 Å². The van der Waals surface area contributed by atoms with Crippen LogP contribution in [0.25, 0.3) is 0 Å². The van der Waals surface area contributed by atoms with E-state index in [9.17, 15) is 13.2 Å². The highest BCUT2D eigenvalue weighted by Crippen LogP contribution is 2.34. The van der Waals surface area contributed by atoms with Crippen molar-refractivity contribution in [1.29, 1.82) is 0 Å². The van der Waals surface area contributed by atoms with E-state index < -0.39 is 16.1 Å². The van der Waals surface area contributed by atoms with Gasteiger partial charge < -0.3 is 19.1 Å². The number of nitrogens with zero attached hydrogens (tertiary/aromatic N) is 2. The van der Waals surface area contributed by atoms with Crippen molar-refractivity contribution in [2.24, 2.45) is 0 Å². The van der Waals surface area contributed by atoms with Gasteiger partial charge in [-0.1, -0.05) is 0 Å². The second-order valence-electron chi connectivity index (χ2n) is 6.23. The van der Waals surface area contributed by atoms with Gasteiger partial charge in [-0.15, -0.1) is 0 Å². The molecule has 0 bridgehead atoms. The Labute approximate surface area is 153 Å². The SMILES string of the molecule is COc1ccc(S(=O)(=O)N2CCC[C@@H]2C(=O)N2CCOCC2)c(OC)c1. The van der Waals surface area contributed by atoms with Crippen LogP contribution in [-0.2, 0) is 19.6 Å². The lowest BCUT2D eigenvalue weighted by Crippen LogP contribution is -2.51. The topological polar surface area (TPSA) is 85.4 Å². The number of hydrogen-bond acceptors (Lipinski definition) is 6. The van der Waals surface area contributed by atoms with Gasteiger partial charge in [0.25, 0.3) is 0 Å². The first-order valence-electron chi connectivity index (χ1n) is 8.59. The molecule has 0 N–H and O–H groups in total. The van der Waals surface area contributed by atoms with Crippen LogP contribution in [0.5, 0.6) is 11.5 Å². The molecule has 0 saturated carbocycles. The van der Waals surface area contributed by atoms with Crippen LogP contribution in [0.3, 0.4) is 0 Å². The summed E-state index contributed by atoms with van der Waals surface area (Å²) in [5.41, 5.74) is 0. The fourth-order valence-corrected chi connectivity index (χ4v) is 5.17. The zero-order valence-corrected chi connectivity index (χ0v) is 15.8. The molecule has 1 aromatic carbocycles. The van der Waals surface area contributed by atoms with E-state index >= 15 is 0 Å². The summed E-state index contributed by atoms with van der Waals surface area (Å²) in [5, 5.41) is 0.